The first-order valence-corrected chi connectivity index (χ1v) is 11.9. The highest BCUT2D eigenvalue weighted by atomic mass is 19.1. The molecule has 1 aliphatic rings. The summed E-state index contributed by atoms with van der Waals surface area (Å²) in [6.45, 7) is 4.17. The quantitative estimate of drug-likeness (QED) is 0.468. The largest absolute Gasteiger partial charge is 0.382 e. The Hall–Kier alpha value is -2.07. The maximum atomic E-state index is 14.2. The minimum Gasteiger partial charge on any atom is -0.382 e. The molecule has 1 N–H and O–H groups in total. The van der Waals surface area contributed by atoms with Crippen LogP contribution in [0.25, 0.3) is 11.3 Å². The zero-order chi connectivity index (χ0) is 22.3. The van der Waals surface area contributed by atoms with E-state index in [0.717, 1.165) is 24.1 Å². The zero-order valence-corrected chi connectivity index (χ0v) is 18.9. The van der Waals surface area contributed by atoms with Gasteiger partial charge in [0.1, 0.15) is 5.60 Å². The normalized spacial score (nSPS) is 22.3. The topological polar surface area (TPSA) is 50.2 Å². The second-order valence-corrected chi connectivity index (χ2v) is 9.06. The maximum Gasteiger partial charge on any atom is 0.198 e. The van der Waals surface area contributed by atoms with Crippen molar-refractivity contribution in [3.8, 4) is 11.3 Å². The summed E-state index contributed by atoms with van der Waals surface area (Å²) < 4.78 is 14.2. The third kappa shape index (κ3) is 6.00. The SMILES string of the molecule is CCCCc1ccc(-c2ccc([C@H]3CC[C@@](O)(C(=O)[C@@H](F)CCCC)CC3)cc2)nc1. The highest BCUT2D eigenvalue weighted by Gasteiger charge is 2.43. The Bertz CT molecular complexity index is 823. The molecule has 3 nitrogen and oxygen atoms in total. The monoisotopic (exact) mass is 425 g/mol. The van der Waals surface area contributed by atoms with E-state index in [0.29, 0.717) is 38.0 Å². The van der Waals surface area contributed by atoms with Crippen LogP contribution in [0.4, 0.5) is 4.39 Å². The molecule has 1 aromatic heterocycles. The van der Waals surface area contributed by atoms with Crippen molar-refractivity contribution in [2.45, 2.75) is 95.7 Å². The van der Waals surface area contributed by atoms with Gasteiger partial charge in [-0.3, -0.25) is 9.78 Å². The molecule has 2 aromatic rings. The number of halogens is 1. The van der Waals surface area contributed by atoms with E-state index < -0.39 is 17.6 Å². The van der Waals surface area contributed by atoms with Gasteiger partial charge >= 0.3 is 0 Å². The van der Waals surface area contributed by atoms with Crippen molar-refractivity contribution in [1.29, 1.82) is 0 Å². The van der Waals surface area contributed by atoms with Crippen LogP contribution in [0.1, 0.15) is 88.7 Å². The van der Waals surface area contributed by atoms with Crippen LogP contribution in [-0.4, -0.2) is 27.6 Å². The third-order valence-corrected chi connectivity index (χ3v) is 6.69. The molecule has 1 atom stereocenters. The van der Waals surface area contributed by atoms with Crippen LogP contribution in [0.3, 0.4) is 0 Å². The summed E-state index contributed by atoms with van der Waals surface area (Å²) in [7, 11) is 0. The number of unbranched alkanes of at least 4 members (excludes halogenated alkanes) is 2. The molecule has 4 heteroatoms. The lowest BCUT2D eigenvalue weighted by Gasteiger charge is -2.35. The average Bonchev–Trinajstić information content (AvgIpc) is 2.81. The molecule has 0 aliphatic heterocycles. The van der Waals surface area contributed by atoms with Crippen LogP contribution in [0.5, 0.6) is 0 Å². The molecule has 1 heterocycles. The van der Waals surface area contributed by atoms with Crippen molar-refractivity contribution < 1.29 is 14.3 Å². The number of benzene rings is 1. The van der Waals surface area contributed by atoms with E-state index in [2.05, 4.69) is 48.3 Å². The van der Waals surface area contributed by atoms with E-state index in [-0.39, 0.29) is 6.42 Å². The number of nitrogens with zero attached hydrogens (tertiary/aromatic N) is 1. The van der Waals surface area contributed by atoms with Crippen LogP contribution >= 0.6 is 0 Å². The van der Waals surface area contributed by atoms with Crippen molar-refractivity contribution >= 4 is 5.78 Å². The molecule has 0 amide bonds. The number of aromatic nitrogens is 1. The minimum absolute atomic E-state index is 0.218. The van der Waals surface area contributed by atoms with E-state index >= 15 is 0 Å². The number of hydrogen-bond acceptors (Lipinski definition) is 3. The van der Waals surface area contributed by atoms with E-state index in [4.69, 9.17) is 0 Å². The number of aliphatic hydroxyl groups is 1. The molecule has 0 bridgehead atoms. The Morgan fingerprint density at radius 3 is 2.35 bits per heavy atom. The second-order valence-electron chi connectivity index (χ2n) is 9.06. The summed E-state index contributed by atoms with van der Waals surface area (Å²) in [4.78, 5) is 17.0. The second kappa shape index (κ2) is 11.0. The Labute approximate surface area is 186 Å². The lowest BCUT2D eigenvalue weighted by molar-refractivity contribution is -0.146. The Kier molecular flexibility index (Phi) is 8.36. The first-order valence-electron chi connectivity index (χ1n) is 11.9. The van der Waals surface area contributed by atoms with Gasteiger partial charge in [-0.2, -0.15) is 0 Å². The number of carbonyl (C=O) groups excluding carboxylic acids is 1. The zero-order valence-electron chi connectivity index (χ0n) is 18.9. The molecule has 1 fully saturated rings. The van der Waals surface area contributed by atoms with Gasteiger partial charge in [-0.25, -0.2) is 4.39 Å². The molecule has 168 valence electrons. The van der Waals surface area contributed by atoms with Gasteiger partial charge in [-0.1, -0.05) is 63.4 Å². The van der Waals surface area contributed by atoms with Crippen LogP contribution in [0, 0.1) is 0 Å². The lowest BCUT2D eigenvalue weighted by atomic mass is 9.73. The Morgan fingerprint density at radius 1 is 1.10 bits per heavy atom. The fourth-order valence-electron chi connectivity index (χ4n) is 4.53. The lowest BCUT2D eigenvalue weighted by Crippen LogP contribution is -2.46. The van der Waals surface area contributed by atoms with Crippen LogP contribution < -0.4 is 0 Å². The number of alkyl halides is 1. The first-order chi connectivity index (χ1) is 15.0. The number of aryl methyl sites for hydroxylation is 1. The number of pyridine rings is 1. The molecular weight excluding hydrogens is 389 g/mol. The van der Waals surface area contributed by atoms with Crippen molar-refractivity contribution in [2.75, 3.05) is 0 Å². The van der Waals surface area contributed by atoms with Gasteiger partial charge in [0, 0.05) is 11.8 Å². The predicted octanol–water partition coefficient (Wildman–Crippen LogP) is 6.58. The number of ketones is 1. The fourth-order valence-corrected chi connectivity index (χ4v) is 4.53. The number of carbonyl (C=O) groups is 1. The van der Waals surface area contributed by atoms with Gasteiger partial charge in [0.2, 0.25) is 0 Å². The van der Waals surface area contributed by atoms with Gasteiger partial charge in [0.15, 0.2) is 12.0 Å². The molecule has 1 aliphatic carbocycles. The summed E-state index contributed by atoms with van der Waals surface area (Å²) in [6.07, 6.45) is 7.69. The molecule has 0 unspecified atom stereocenters. The molecule has 0 radical (unpaired) electrons. The highest BCUT2D eigenvalue weighted by Crippen LogP contribution is 2.40. The molecule has 1 aromatic carbocycles. The van der Waals surface area contributed by atoms with Gasteiger partial charge < -0.3 is 5.11 Å². The smallest absolute Gasteiger partial charge is 0.198 e. The molecule has 0 saturated heterocycles. The van der Waals surface area contributed by atoms with Crippen LogP contribution in [-0.2, 0) is 11.2 Å². The molecule has 1 saturated carbocycles. The standard InChI is InChI=1S/C27H36FNO2/c1-3-5-7-20-9-14-25(29-19-20)23-12-10-21(11-13-23)22-15-17-27(31,18-16-22)26(30)24(28)8-6-4-2/h9-14,19,22,24,31H,3-8,15-18H2,1-2H3/t22-,24-,27-/m0/s1. The van der Waals surface area contributed by atoms with E-state index in [9.17, 15) is 14.3 Å². The Balaban J connectivity index is 1.58. The predicted molar refractivity (Wildman–Crippen MR) is 124 cm³/mol. The Morgan fingerprint density at radius 2 is 1.77 bits per heavy atom. The molecule has 0 spiro atoms. The maximum absolute atomic E-state index is 14.2. The van der Waals surface area contributed by atoms with E-state index in [1.807, 2.05) is 13.1 Å². The molecule has 3 rings (SSSR count). The van der Waals surface area contributed by atoms with Crippen molar-refractivity contribution in [1.82, 2.24) is 4.98 Å². The number of hydrogen-bond donors (Lipinski definition) is 1. The summed E-state index contributed by atoms with van der Waals surface area (Å²) in [5, 5.41) is 10.7. The van der Waals surface area contributed by atoms with E-state index in [1.165, 1.54) is 24.0 Å². The minimum atomic E-state index is -1.54. The third-order valence-electron chi connectivity index (χ3n) is 6.69. The summed E-state index contributed by atoms with van der Waals surface area (Å²) >= 11 is 0. The fraction of sp³-hybridized carbons (Fsp3) is 0.556. The van der Waals surface area contributed by atoms with Gasteiger partial charge in [0.25, 0.3) is 0 Å². The number of Topliss-reactive ketones (excluding diaryl/α,β-unsaturated/α-hetero) is 1. The van der Waals surface area contributed by atoms with Gasteiger partial charge in [-0.15, -0.1) is 0 Å². The van der Waals surface area contributed by atoms with Crippen molar-refractivity contribution in [3.05, 3.63) is 53.7 Å². The van der Waals surface area contributed by atoms with Crippen LogP contribution in [0.2, 0.25) is 0 Å². The first kappa shape index (κ1) is 23.6. The summed E-state index contributed by atoms with van der Waals surface area (Å²) in [5.74, 6) is -0.316. The van der Waals surface area contributed by atoms with Crippen LogP contribution in [0.15, 0.2) is 42.6 Å². The number of rotatable bonds is 10. The van der Waals surface area contributed by atoms with Crippen molar-refractivity contribution in [3.63, 3.8) is 0 Å². The van der Waals surface area contributed by atoms with Crippen molar-refractivity contribution in [2.24, 2.45) is 0 Å². The van der Waals surface area contributed by atoms with E-state index in [1.54, 1.807) is 0 Å². The van der Waals surface area contributed by atoms with Gasteiger partial charge in [0.05, 0.1) is 5.69 Å². The summed E-state index contributed by atoms with van der Waals surface area (Å²) in [5.41, 5.74) is 3.05. The molecular formula is C27H36FNO2. The molecule has 31 heavy (non-hydrogen) atoms. The summed E-state index contributed by atoms with van der Waals surface area (Å²) in [6, 6.07) is 12.7. The highest BCUT2D eigenvalue weighted by molar-refractivity contribution is 5.91. The van der Waals surface area contributed by atoms with Gasteiger partial charge in [-0.05, 0) is 68.1 Å². The average molecular weight is 426 g/mol.